The van der Waals surface area contributed by atoms with Gasteiger partial charge in [-0.05, 0) is 19.3 Å². The second-order valence-electron chi connectivity index (χ2n) is 2.51. The summed E-state index contributed by atoms with van der Waals surface area (Å²) in [7, 11) is 0. The first-order chi connectivity index (χ1) is 4.93. The molecule has 2 nitrogen and oxygen atoms in total. The highest BCUT2D eigenvalue weighted by atomic mass is 16.5. The van der Waals surface area contributed by atoms with Gasteiger partial charge in [0.05, 0.1) is 19.3 Å². The molecule has 2 heteroatoms. The van der Waals surface area contributed by atoms with Crippen LogP contribution in [0.4, 0.5) is 0 Å². The van der Waals surface area contributed by atoms with Crippen LogP contribution in [0.2, 0.25) is 0 Å². The Morgan fingerprint density at radius 2 is 2.20 bits per heavy atom. The summed E-state index contributed by atoms with van der Waals surface area (Å²) >= 11 is 0. The largest absolute Gasteiger partial charge is 0.394 e. The Kier molecular flexibility index (Phi) is 3.47. The quantitative estimate of drug-likeness (QED) is 0.555. The SMILES string of the molecule is OCC1CC/C=C/CCO1. The number of aliphatic hydroxyl groups excluding tert-OH is 1. The van der Waals surface area contributed by atoms with E-state index in [-0.39, 0.29) is 12.7 Å². The Hall–Kier alpha value is -0.340. The number of rotatable bonds is 1. The predicted molar refractivity (Wildman–Crippen MR) is 39.8 cm³/mol. The van der Waals surface area contributed by atoms with E-state index in [2.05, 4.69) is 12.2 Å². The van der Waals surface area contributed by atoms with Crippen molar-refractivity contribution in [2.24, 2.45) is 0 Å². The first-order valence-electron chi connectivity index (χ1n) is 3.81. The molecule has 0 aromatic heterocycles. The van der Waals surface area contributed by atoms with E-state index in [9.17, 15) is 0 Å². The molecule has 0 spiro atoms. The molecule has 0 amide bonds. The van der Waals surface area contributed by atoms with E-state index in [1.165, 1.54) is 0 Å². The van der Waals surface area contributed by atoms with Crippen LogP contribution in [0.15, 0.2) is 12.2 Å². The van der Waals surface area contributed by atoms with Gasteiger partial charge in [0.25, 0.3) is 0 Å². The lowest BCUT2D eigenvalue weighted by Gasteiger charge is -2.15. The molecule has 0 aromatic rings. The molecule has 0 saturated heterocycles. The molecule has 58 valence electrons. The molecule has 0 saturated carbocycles. The fourth-order valence-electron chi connectivity index (χ4n) is 1.05. The van der Waals surface area contributed by atoms with Gasteiger partial charge in [-0.3, -0.25) is 0 Å². The van der Waals surface area contributed by atoms with Crippen molar-refractivity contribution in [3.05, 3.63) is 12.2 Å². The maximum Gasteiger partial charge on any atom is 0.0808 e. The van der Waals surface area contributed by atoms with Crippen LogP contribution in [0.5, 0.6) is 0 Å². The summed E-state index contributed by atoms with van der Waals surface area (Å²) in [6.45, 7) is 0.912. The Bertz CT molecular complexity index is 110. The molecule has 1 N–H and O–H groups in total. The van der Waals surface area contributed by atoms with E-state index in [1.54, 1.807) is 0 Å². The van der Waals surface area contributed by atoms with Crippen molar-refractivity contribution in [3.8, 4) is 0 Å². The molecule has 0 fully saturated rings. The topological polar surface area (TPSA) is 29.5 Å². The van der Waals surface area contributed by atoms with Gasteiger partial charge in [0.15, 0.2) is 0 Å². The molecule has 1 aliphatic rings. The van der Waals surface area contributed by atoms with Gasteiger partial charge in [0, 0.05) is 0 Å². The molecular weight excluding hydrogens is 128 g/mol. The van der Waals surface area contributed by atoms with E-state index in [1.807, 2.05) is 0 Å². The van der Waals surface area contributed by atoms with E-state index in [0.717, 1.165) is 25.9 Å². The highest BCUT2D eigenvalue weighted by Gasteiger charge is 2.06. The Morgan fingerprint density at radius 1 is 1.40 bits per heavy atom. The monoisotopic (exact) mass is 142 g/mol. The lowest BCUT2D eigenvalue weighted by molar-refractivity contribution is 0.00953. The van der Waals surface area contributed by atoms with Crippen molar-refractivity contribution in [1.29, 1.82) is 0 Å². The summed E-state index contributed by atoms with van der Waals surface area (Å²) in [6, 6.07) is 0. The number of aliphatic hydroxyl groups is 1. The minimum Gasteiger partial charge on any atom is -0.394 e. The molecule has 1 atom stereocenters. The van der Waals surface area contributed by atoms with E-state index < -0.39 is 0 Å². The normalized spacial score (nSPS) is 30.7. The van der Waals surface area contributed by atoms with E-state index >= 15 is 0 Å². The van der Waals surface area contributed by atoms with Crippen LogP contribution in [-0.2, 0) is 4.74 Å². The lowest BCUT2D eigenvalue weighted by Crippen LogP contribution is -2.18. The molecule has 0 radical (unpaired) electrons. The maximum absolute atomic E-state index is 8.76. The van der Waals surface area contributed by atoms with Crippen LogP contribution in [0.1, 0.15) is 19.3 Å². The summed E-state index contributed by atoms with van der Waals surface area (Å²) in [5, 5.41) is 8.76. The fourth-order valence-corrected chi connectivity index (χ4v) is 1.05. The van der Waals surface area contributed by atoms with Gasteiger partial charge in [-0.15, -0.1) is 0 Å². The van der Waals surface area contributed by atoms with E-state index in [0.29, 0.717) is 0 Å². The molecule has 1 heterocycles. The Labute approximate surface area is 61.5 Å². The Morgan fingerprint density at radius 3 is 3.00 bits per heavy atom. The minimum atomic E-state index is 0.0740. The Balaban J connectivity index is 2.27. The first kappa shape index (κ1) is 7.76. The molecular formula is C8H14O2. The number of hydrogen-bond acceptors (Lipinski definition) is 2. The van der Waals surface area contributed by atoms with Crippen LogP contribution < -0.4 is 0 Å². The van der Waals surface area contributed by atoms with E-state index in [4.69, 9.17) is 9.84 Å². The highest BCUT2D eigenvalue weighted by molar-refractivity contribution is 4.84. The van der Waals surface area contributed by atoms with Crippen molar-refractivity contribution in [2.75, 3.05) is 13.2 Å². The summed E-state index contributed by atoms with van der Waals surface area (Å²) in [5.41, 5.74) is 0. The first-order valence-corrected chi connectivity index (χ1v) is 3.81. The third kappa shape index (κ3) is 2.50. The third-order valence-electron chi connectivity index (χ3n) is 1.66. The van der Waals surface area contributed by atoms with Crippen LogP contribution in [0.3, 0.4) is 0 Å². The van der Waals surface area contributed by atoms with Gasteiger partial charge in [-0.25, -0.2) is 0 Å². The standard InChI is InChI=1S/C8H14O2/c9-7-8-5-3-1-2-4-6-10-8/h1-2,8-9H,3-7H2/b2-1+. The molecule has 1 rings (SSSR count). The molecule has 1 aliphatic heterocycles. The summed E-state index contributed by atoms with van der Waals surface area (Å²) in [5.74, 6) is 0. The summed E-state index contributed by atoms with van der Waals surface area (Å²) in [4.78, 5) is 0. The molecule has 10 heavy (non-hydrogen) atoms. The smallest absolute Gasteiger partial charge is 0.0808 e. The predicted octanol–water partition coefficient (Wildman–Crippen LogP) is 1.10. The summed E-state index contributed by atoms with van der Waals surface area (Å²) in [6.07, 6.45) is 7.33. The second-order valence-corrected chi connectivity index (χ2v) is 2.51. The summed E-state index contributed by atoms with van der Waals surface area (Å²) < 4.78 is 5.33. The maximum atomic E-state index is 8.76. The molecule has 0 aliphatic carbocycles. The van der Waals surface area contributed by atoms with Gasteiger partial charge in [0.2, 0.25) is 0 Å². The van der Waals surface area contributed by atoms with Gasteiger partial charge >= 0.3 is 0 Å². The van der Waals surface area contributed by atoms with Crippen molar-refractivity contribution >= 4 is 0 Å². The van der Waals surface area contributed by atoms with Crippen LogP contribution in [0, 0.1) is 0 Å². The van der Waals surface area contributed by atoms with Crippen molar-refractivity contribution in [2.45, 2.75) is 25.4 Å². The second kappa shape index (κ2) is 4.47. The van der Waals surface area contributed by atoms with Gasteiger partial charge < -0.3 is 9.84 Å². The van der Waals surface area contributed by atoms with Crippen LogP contribution in [0.25, 0.3) is 0 Å². The fraction of sp³-hybridized carbons (Fsp3) is 0.750. The zero-order chi connectivity index (χ0) is 7.23. The zero-order valence-electron chi connectivity index (χ0n) is 6.12. The average molecular weight is 142 g/mol. The molecule has 0 aromatic carbocycles. The molecule has 1 unspecified atom stereocenters. The lowest BCUT2D eigenvalue weighted by atomic mass is 10.1. The zero-order valence-corrected chi connectivity index (χ0v) is 6.12. The van der Waals surface area contributed by atoms with Gasteiger partial charge in [0.1, 0.15) is 0 Å². The van der Waals surface area contributed by atoms with Gasteiger partial charge in [-0.2, -0.15) is 0 Å². The third-order valence-corrected chi connectivity index (χ3v) is 1.66. The van der Waals surface area contributed by atoms with Crippen LogP contribution in [-0.4, -0.2) is 24.4 Å². The van der Waals surface area contributed by atoms with Gasteiger partial charge in [-0.1, -0.05) is 12.2 Å². The number of ether oxygens (including phenoxy) is 1. The van der Waals surface area contributed by atoms with Crippen molar-refractivity contribution < 1.29 is 9.84 Å². The van der Waals surface area contributed by atoms with Crippen molar-refractivity contribution in [3.63, 3.8) is 0 Å². The average Bonchev–Trinajstić information content (AvgIpc) is 1.87. The number of allylic oxidation sites excluding steroid dienone is 1. The van der Waals surface area contributed by atoms with Crippen molar-refractivity contribution in [1.82, 2.24) is 0 Å². The number of hydrogen-bond donors (Lipinski definition) is 1. The molecule has 0 bridgehead atoms. The van der Waals surface area contributed by atoms with Crippen LogP contribution >= 0.6 is 0 Å². The minimum absolute atomic E-state index is 0.0740. The highest BCUT2D eigenvalue weighted by Crippen LogP contribution is 2.06.